The first-order valence-electron chi connectivity index (χ1n) is 9.29. The molecule has 156 valence electrons. The lowest BCUT2D eigenvalue weighted by atomic mass is 10.3. The normalized spacial score (nSPS) is 12.8. The Hall–Kier alpha value is -2.30. The Morgan fingerprint density at radius 1 is 1.28 bits per heavy atom. The number of aryl methyl sites for hydroxylation is 2. The van der Waals surface area contributed by atoms with Crippen LogP contribution in [0.2, 0.25) is 0 Å². The number of carbonyl (C=O) groups is 1. The third kappa shape index (κ3) is 4.65. The fourth-order valence-corrected chi connectivity index (χ4v) is 4.78. The molecule has 0 N–H and O–H groups in total. The van der Waals surface area contributed by atoms with Crippen molar-refractivity contribution in [3.63, 3.8) is 0 Å². The minimum absolute atomic E-state index is 0.235. The number of benzene rings is 1. The molecule has 2 aromatic heterocycles. The van der Waals surface area contributed by atoms with Gasteiger partial charge in [0.1, 0.15) is 0 Å². The van der Waals surface area contributed by atoms with E-state index in [1.54, 1.807) is 28.9 Å². The van der Waals surface area contributed by atoms with Crippen molar-refractivity contribution in [1.29, 1.82) is 0 Å². The van der Waals surface area contributed by atoms with E-state index in [0.717, 1.165) is 15.9 Å². The molecular weight excluding hydrogens is 412 g/mol. The number of amides is 1. The average Bonchev–Trinajstić information content (AvgIpc) is 3.21. The minimum Gasteiger partial charge on any atom is -0.380 e. The molecule has 0 fully saturated rings. The molecule has 8 nitrogen and oxygen atoms in total. The smallest absolute Gasteiger partial charge is 0.300 e. The Kier molecular flexibility index (Phi) is 6.35. The summed E-state index contributed by atoms with van der Waals surface area (Å²) in [6.07, 6.45) is 1.17. The van der Waals surface area contributed by atoms with Crippen LogP contribution in [-0.2, 0) is 27.7 Å². The molecule has 0 radical (unpaired) electrons. The molecule has 1 amide bonds. The third-order valence-corrected chi connectivity index (χ3v) is 6.59. The second-order valence-corrected chi connectivity index (χ2v) is 9.56. The van der Waals surface area contributed by atoms with Crippen LogP contribution in [0.1, 0.15) is 30.0 Å². The van der Waals surface area contributed by atoms with E-state index in [9.17, 15) is 13.2 Å². The van der Waals surface area contributed by atoms with Crippen molar-refractivity contribution >= 4 is 37.3 Å². The SMILES string of the molecule is CCOCCn1c(=NC(=O)c2cc(C)n(CC)n2)sc2cc(S(C)(=O)=O)ccc21. The van der Waals surface area contributed by atoms with Crippen LogP contribution in [-0.4, -0.2) is 48.1 Å². The first-order chi connectivity index (χ1) is 13.7. The second kappa shape index (κ2) is 8.60. The Labute approximate surface area is 173 Å². The van der Waals surface area contributed by atoms with Crippen LogP contribution >= 0.6 is 11.3 Å². The van der Waals surface area contributed by atoms with E-state index in [2.05, 4.69) is 10.1 Å². The number of hydrogen-bond donors (Lipinski definition) is 0. The molecule has 0 aliphatic rings. The lowest BCUT2D eigenvalue weighted by Gasteiger charge is -2.06. The Balaban J connectivity index is 2.11. The number of rotatable bonds is 7. The summed E-state index contributed by atoms with van der Waals surface area (Å²) in [5.41, 5.74) is 1.99. The number of thiazole rings is 1. The van der Waals surface area contributed by atoms with E-state index in [0.29, 0.717) is 31.1 Å². The zero-order valence-corrected chi connectivity index (χ0v) is 18.5. The highest BCUT2D eigenvalue weighted by atomic mass is 32.2. The Bertz CT molecular complexity index is 1220. The van der Waals surface area contributed by atoms with E-state index >= 15 is 0 Å². The summed E-state index contributed by atoms with van der Waals surface area (Å²) in [6.45, 7) is 7.97. The Morgan fingerprint density at radius 3 is 2.66 bits per heavy atom. The maximum Gasteiger partial charge on any atom is 0.300 e. The first kappa shape index (κ1) is 21.4. The monoisotopic (exact) mass is 436 g/mol. The standard InChI is InChI=1S/C19H24N4O4S2/c1-5-23-13(3)11-15(21-23)18(24)20-19-22(9-10-27-6-2)16-8-7-14(29(4,25)26)12-17(16)28-19/h7-8,11-12H,5-6,9-10H2,1-4H3. The predicted molar refractivity (Wildman–Crippen MR) is 112 cm³/mol. The molecule has 10 heteroatoms. The van der Waals surface area contributed by atoms with E-state index in [4.69, 9.17) is 4.74 Å². The van der Waals surface area contributed by atoms with Gasteiger partial charge in [0.25, 0.3) is 5.91 Å². The van der Waals surface area contributed by atoms with E-state index < -0.39 is 15.7 Å². The van der Waals surface area contributed by atoms with Crippen molar-refractivity contribution in [2.75, 3.05) is 19.5 Å². The molecule has 1 aromatic carbocycles. The molecular formula is C19H24N4O4S2. The van der Waals surface area contributed by atoms with Gasteiger partial charge in [-0.25, -0.2) is 8.42 Å². The van der Waals surface area contributed by atoms with Crippen LogP contribution in [0.4, 0.5) is 0 Å². The summed E-state index contributed by atoms with van der Waals surface area (Å²) in [4.78, 5) is 17.7. The highest BCUT2D eigenvalue weighted by Crippen LogP contribution is 2.22. The van der Waals surface area contributed by atoms with E-state index in [1.165, 1.54) is 17.6 Å². The largest absolute Gasteiger partial charge is 0.380 e. The summed E-state index contributed by atoms with van der Waals surface area (Å²) in [6, 6.07) is 6.65. The van der Waals surface area contributed by atoms with Gasteiger partial charge in [-0.15, -0.1) is 0 Å². The van der Waals surface area contributed by atoms with Crippen molar-refractivity contribution in [2.24, 2.45) is 4.99 Å². The number of carbonyl (C=O) groups excluding carboxylic acids is 1. The number of ether oxygens (including phenoxy) is 1. The zero-order chi connectivity index (χ0) is 21.2. The van der Waals surface area contributed by atoms with Gasteiger partial charge in [-0.2, -0.15) is 10.1 Å². The average molecular weight is 437 g/mol. The number of hydrogen-bond acceptors (Lipinski definition) is 6. The fraction of sp³-hybridized carbons (Fsp3) is 0.421. The minimum atomic E-state index is -3.33. The highest BCUT2D eigenvalue weighted by molar-refractivity contribution is 7.90. The summed E-state index contributed by atoms with van der Waals surface area (Å²) >= 11 is 1.27. The molecule has 0 aliphatic heterocycles. The molecule has 29 heavy (non-hydrogen) atoms. The van der Waals surface area contributed by atoms with Crippen molar-refractivity contribution in [3.8, 4) is 0 Å². The lowest BCUT2D eigenvalue weighted by molar-refractivity contribution is 0.0991. The fourth-order valence-electron chi connectivity index (χ4n) is 2.96. The summed E-state index contributed by atoms with van der Waals surface area (Å²) in [5.74, 6) is -0.430. The van der Waals surface area contributed by atoms with Crippen LogP contribution < -0.4 is 4.80 Å². The second-order valence-electron chi connectivity index (χ2n) is 6.54. The third-order valence-electron chi connectivity index (χ3n) is 4.44. The summed E-state index contributed by atoms with van der Waals surface area (Å²) in [5, 5.41) is 4.29. The van der Waals surface area contributed by atoms with E-state index in [1.807, 2.05) is 25.3 Å². The van der Waals surface area contributed by atoms with Crippen molar-refractivity contribution in [1.82, 2.24) is 14.3 Å². The summed E-state index contributed by atoms with van der Waals surface area (Å²) < 4.78 is 33.6. The van der Waals surface area contributed by atoms with Gasteiger partial charge in [-0.3, -0.25) is 9.48 Å². The molecule has 0 spiro atoms. The molecule has 0 aliphatic carbocycles. The maximum atomic E-state index is 12.7. The van der Waals surface area contributed by atoms with Crippen molar-refractivity contribution in [2.45, 2.75) is 38.8 Å². The van der Waals surface area contributed by atoms with Gasteiger partial charge in [-0.05, 0) is 45.0 Å². The van der Waals surface area contributed by atoms with Gasteiger partial charge < -0.3 is 9.30 Å². The molecule has 2 heterocycles. The topological polar surface area (TPSA) is 95.6 Å². The van der Waals surface area contributed by atoms with Crippen LogP contribution in [0.15, 0.2) is 34.2 Å². The number of aromatic nitrogens is 3. The van der Waals surface area contributed by atoms with Gasteiger partial charge in [0, 0.05) is 31.6 Å². The van der Waals surface area contributed by atoms with Gasteiger partial charge in [0.2, 0.25) is 0 Å². The van der Waals surface area contributed by atoms with Crippen LogP contribution in [0, 0.1) is 6.92 Å². The van der Waals surface area contributed by atoms with Crippen molar-refractivity contribution in [3.05, 3.63) is 40.5 Å². The quantitative estimate of drug-likeness (QED) is 0.530. The van der Waals surface area contributed by atoms with Crippen LogP contribution in [0.25, 0.3) is 10.2 Å². The molecule has 0 bridgehead atoms. The Morgan fingerprint density at radius 2 is 2.03 bits per heavy atom. The number of sulfone groups is 1. The van der Waals surface area contributed by atoms with Crippen LogP contribution in [0.3, 0.4) is 0 Å². The molecule has 0 saturated heterocycles. The van der Waals surface area contributed by atoms with Crippen molar-refractivity contribution < 1.29 is 17.9 Å². The first-order valence-corrected chi connectivity index (χ1v) is 12.0. The highest BCUT2D eigenvalue weighted by Gasteiger charge is 2.15. The molecule has 3 rings (SSSR count). The molecule has 3 aromatic rings. The summed E-state index contributed by atoms with van der Waals surface area (Å²) in [7, 11) is -3.33. The van der Waals surface area contributed by atoms with E-state index in [-0.39, 0.29) is 10.6 Å². The predicted octanol–water partition coefficient (Wildman–Crippen LogP) is 2.41. The van der Waals surface area contributed by atoms with Gasteiger partial charge in [0.05, 0.1) is 21.7 Å². The lowest BCUT2D eigenvalue weighted by Crippen LogP contribution is -2.20. The zero-order valence-electron chi connectivity index (χ0n) is 16.9. The van der Waals surface area contributed by atoms with Gasteiger partial charge >= 0.3 is 0 Å². The van der Waals surface area contributed by atoms with Crippen LogP contribution in [0.5, 0.6) is 0 Å². The molecule has 0 atom stereocenters. The molecule has 0 unspecified atom stereocenters. The maximum absolute atomic E-state index is 12.7. The van der Waals surface area contributed by atoms with Gasteiger partial charge in [0.15, 0.2) is 20.3 Å². The number of fused-ring (bicyclic) bond motifs is 1. The molecule has 0 saturated carbocycles. The number of nitrogens with zero attached hydrogens (tertiary/aromatic N) is 4. The van der Waals surface area contributed by atoms with Gasteiger partial charge in [-0.1, -0.05) is 11.3 Å².